The third kappa shape index (κ3) is 8.18. The number of halogens is 1. The predicted molar refractivity (Wildman–Crippen MR) is 149 cm³/mol. The maximum atomic E-state index is 12.3. The van der Waals surface area contributed by atoms with E-state index in [-0.39, 0.29) is 6.61 Å². The maximum Gasteiger partial charge on any atom is 0.344 e. The number of carbonyl (C=O) groups excluding carboxylic acids is 2. The number of amides is 1. The Morgan fingerprint density at radius 3 is 2.08 bits per heavy atom. The molecule has 0 heterocycles. The number of hydrazone groups is 1. The Morgan fingerprint density at radius 1 is 0.757 bits per heavy atom. The number of hydrogen-bond donors (Lipinski definition) is 1. The number of nitrogens with one attached hydrogen (secondary N) is 1. The normalized spacial score (nSPS) is 10.6. The smallest absolute Gasteiger partial charge is 0.344 e. The van der Waals surface area contributed by atoms with Crippen LogP contribution in [-0.4, -0.2) is 24.7 Å². The molecular formula is C29H23IN2O5. The van der Waals surface area contributed by atoms with Crippen molar-refractivity contribution in [3.8, 4) is 17.2 Å². The van der Waals surface area contributed by atoms with Gasteiger partial charge < -0.3 is 14.2 Å². The fraction of sp³-hybridized carbons (Fsp3) is 0.0690. The highest BCUT2D eigenvalue weighted by atomic mass is 127. The molecule has 1 amide bonds. The topological polar surface area (TPSA) is 86.2 Å². The zero-order valence-corrected chi connectivity index (χ0v) is 21.8. The quantitative estimate of drug-likeness (QED) is 0.0834. The number of ether oxygens (including phenoxy) is 3. The van der Waals surface area contributed by atoms with Gasteiger partial charge in [0.2, 0.25) is 0 Å². The molecule has 0 bridgehead atoms. The minimum Gasteiger partial charge on any atom is -0.489 e. The van der Waals surface area contributed by atoms with E-state index in [1.54, 1.807) is 60.7 Å². The first-order valence-electron chi connectivity index (χ1n) is 11.3. The molecule has 0 fully saturated rings. The van der Waals surface area contributed by atoms with E-state index in [1.807, 2.05) is 42.5 Å². The van der Waals surface area contributed by atoms with Gasteiger partial charge >= 0.3 is 5.97 Å². The molecule has 8 heteroatoms. The monoisotopic (exact) mass is 606 g/mol. The van der Waals surface area contributed by atoms with E-state index in [1.165, 1.54) is 6.21 Å². The van der Waals surface area contributed by atoms with Gasteiger partial charge in [-0.25, -0.2) is 10.2 Å². The Kier molecular flexibility index (Phi) is 9.25. The van der Waals surface area contributed by atoms with Crippen LogP contribution in [0.3, 0.4) is 0 Å². The molecular weight excluding hydrogens is 583 g/mol. The molecule has 186 valence electrons. The molecule has 0 radical (unpaired) electrons. The zero-order chi connectivity index (χ0) is 25.9. The fourth-order valence-electron chi connectivity index (χ4n) is 3.14. The predicted octanol–water partition coefficient (Wildman–Crippen LogP) is 5.62. The second-order valence-electron chi connectivity index (χ2n) is 7.77. The van der Waals surface area contributed by atoms with Crippen molar-refractivity contribution >= 4 is 40.7 Å². The first-order valence-corrected chi connectivity index (χ1v) is 12.4. The molecule has 4 aromatic rings. The number of esters is 1. The van der Waals surface area contributed by atoms with Gasteiger partial charge in [-0.2, -0.15) is 5.10 Å². The summed E-state index contributed by atoms with van der Waals surface area (Å²) in [4.78, 5) is 24.3. The molecule has 7 nitrogen and oxygen atoms in total. The van der Waals surface area contributed by atoms with Crippen molar-refractivity contribution in [1.29, 1.82) is 0 Å². The highest BCUT2D eigenvalue weighted by Crippen LogP contribution is 2.19. The molecule has 0 spiro atoms. The second-order valence-corrected chi connectivity index (χ2v) is 8.93. The molecule has 0 atom stereocenters. The number of nitrogens with zero attached hydrogens (tertiary/aromatic N) is 1. The lowest BCUT2D eigenvalue weighted by Crippen LogP contribution is -2.24. The third-order valence-corrected chi connectivity index (χ3v) is 5.97. The number of carbonyl (C=O) groups is 2. The average molecular weight is 606 g/mol. The van der Waals surface area contributed by atoms with E-state index < -0.39 is 11.9 Å². The van der Waals surface area contributed by atoms with Gasteiger partial charge in [-0.1, -0.05) is 42.5 Å². The van der Waals surface area contributed by atoms with Gasteiger partial charge in [0.25, 0.3) is 5.91 Å². The Balaban J connectivity index is 1.18. The van der Waals surface area contributed by atoms with Crippen LogP contribution >= 0.6 is 22.6 Å². The summed E-state index contributed by atoms with van der Waals surface area (Å²) in [6.45, 7) is 0.289. The molecule has 4 rings (SSSR count). The molecule has 0 aliphatic carbocycles. The van der Waals surface area contributed by atoms with E-state index in [4.69, 9.17) is 14.2 Å². The summed E-state index contributed by atoms with van der Waals surface area (Å²) < 4.78 is 17.5. The molecule has 37 heavy (non-hydrogen) atoms. The lowest BCUT2D eigenvalue weighted by molar-refractivity contribution is -0.123. The molecule has 0 saturated heterocycles. The number of benzene rings is 4. The van der Waals surface area contributed by atoms with E-state index in [9.17, 15) is 9.59 Å². The minimum absolute atomic E-state index is 0.186. The van der Waals surface area contributed by atoms with Crippen molar-refractivity contribution in [3.05, 3.63) is 123 Å². The van der Waals surface area contributed by atoms with E-state index >= 15 is 0 Å². The molecule has 0 unspecified atom stereocenters. The lowest BCUT2D eigenvalue weighted by Gasteiger charge is -2.08. The summed E-state index contributed by atoms with van der Waals surface area (Å²) >= 11 is 2.09. The fourth-order valence-corrected chi connectivity index (χ4v) is 3.75. The molecule has 1 N–H and O–H groups in total. The third-order valence-electron chi connectivity index (χ3n) is 5.03. The second kappa shape index (κ2) is 13.2. The van der Waals surface area contributed by atoms with Crippen molar-refractivity contribution in [1.82, 2.24) is 5.43 Å². The van der Waals surface area contributed by atoms with Crippen LogP contribution in [0.5, 0.6) is 17.2 Å². The number of hydrogen-bond acceptors (Lipinski definition) is 6. The van der Waals surface area contributed by atoms with Crippen LogP contribution < -0.4 is 19.6 Å². The maximum absolute atomic E-state index is 12.3. The van der Waals surface area contributed by atoms with Gasteiger partial charge in [0.1, 0.15) is 23.9 Å². The summed E-state index contributed by atoms with van der Waals surface area (Å²) in [5, 5.41) is 3.94. The van der Waals surface area contributed by atoms with Gasteiger partial charge in [0.05, 0.1) is 11.8 Å². The highest BCUT2D eigenvalue weighted by Gasteiger charge is 2.11. The van der Waals surface area contributed by atoms with Gasteiger partial charge in [0, 0.05) is 3.57 Å². The van der Waals surface area contributed by atoms with Crippen LogP contribution in [-0.2, 0) is 11.4 Å². The van der Waals surface area contributed by atoms with Crippen LogP contribution in [0, 0.1) is 3.57 Å². The van der Waals surface area contributed by atoms with Gasteiger partial charge in [-0.15, -0.1) is 0 Å². The van der Waals surface area contributed by atoms with Crippen molar-refractivity contribution < 1.29 is 23.8 Å². The molecule has 0 aliphatic heterocycles. The average Bonchev–Trinajstić information content (AvgIpc) is 2.93. The summed E-state index contributed by atoms with van der Waals surface area (Å²) in [5.41, 5.74) is 4.73. The SMILES string of the molecule is O=C(COc1ccc(OCc2ccccc2)cc1)NN=Cc1ccc(OC(=O)c2ccccc2I)cc1. The summed E-state index contributed by atoms with van der Waals surface area (Å²) in [7, 11) is 0. The first kappa shape index (κ1) is 25.9. The van der Waals surface area contributed by atoms with Crippen molar-refractivity contribution in [2.24, 2.45) is 5.10 Å². The van der Waals surface area contributed by atoms with E-state index in [0.29, 0.717) is 29.4 Å². The highest BCUT2D eigenvalue weighted by molar-refractivity contribution is 14.1. The van der Waals surface area contributed by atoms with Crippen molar-refractivity contribution in [3.63, 3.8) is 0 Å². The Hall–Kier alpha value is -4.18. The van der Waals surface area contributed by atoms with Crippen molar-refractivity contribution in [2.45, 2.75) is 6.61 Å². The van der Waals surface area contributed by atoms with Crippen LogP contribution in [0.15, 0.2) is 108 Å². The Bertz CT molecular complexity index is 1360. The minimum atomic E-state index is -0.423. The van der Waals surface area contributed by atoms with Gasteiger partial charge in [-0.3, -0.25) is 4.79 Å². The molecule has 0 aromatic heterocycles. The molecule has 0 aliphatic rings. The van der Waals surface area contributed by atoms with Crippen LogP contribution in [0.4, 0.5) is 0 Å². The standard InChI is InChI=1S/C29H23IN2O5/c30-27-9-5-4-8-26(27)29(34)37-25-12-10-21(11-13-25)18-31-32-28(33)20-36-24-16-14-23(15-17-24)35-19-22-6-2-1-3-7-22/h1-18H,19-20H2,(H,32,33). The molecule has 4 aromatic carbocycles. The van der Waals surface area contributed by atoms with Crippen LogP contribution in [0.1, 0.15) is 21.5 Å². The van der Waals surface area contributed by atoms with Crippen molar-refractivity contribution in [2.75, 3.05) is 6.61 Å². The molecule has 0 saturated carbocycles. The summed E-state index contributed by atoms with van der Waals surface area (Å²) in [5.74, 6) is 0.842. The largest absolute Gasteiger partial charge is 0.489 e. The number of rotatable bonds is 10. The zero-order valence-electron chi connectivity index (χ0n) is 19.7. The Labute approximate surface area is 228 Å². The lowest BCUT2D eigenvalue weighted by atomic mass is 10.2. The van der Waals surface area contributed by atoms with Crippen LogP contribution in [0.2, 0.25) is 0 Å². The summed E-state index contributed by atoms with van der Waals surface area (Å²) in [6.07, 6.45) is 1.49. The first-order chi connectivity index (χ1) is 18.1. The Morgan fingerprint density at radius 2 is 1.38 bits per heavy atom. The van der Waals surface area contributed by atoms with Gasteiger partial charge in [-0.05, 0) is 94.4 Å². The summed E-state index contributed by atoms with van der Waals surface area (Å²) in [6, 6.07) is 30.9. The van der Waals surface area contributed by atoms with Crippen LogP contribution in [0.25, 0.3) is 0 Å². The van der Waals surface area contributed by atoms with E-state index in [2.05, 4.69) is 33.1 Å². The van der Waals surface area contributed by atoms with Gasteiger partial charge in [0.15, 0.2) is 6.61 Å². The van der Waals surface area contributed by atoms with E-state index in [0.717, 1.165) is 14.7 Å².